The number of carboxylic acid groups (broad SMARTS) is 1. The summed E-state index contributed by atoms with van der Waals surface area (Å²) >= 11 is 0. The van der Waals surface area contributed by atoms with Crippen LogP contribution >= 0.6 is 0 Å². The van der Waals surface area contributed by atoms with Crippen molar-refractivity contribution in [1.82, 2.24) is 19.8 Å². The SMILES string of the molecule is O=C(O)CNc1ncc(CN2CCN(CCO)C[C@H](O)C2)cn1. The molecule has 1 aromatic rings. The maximum atomic E-state index is 10.5. The summed E-state index contributed by atoms with van der Waals surface area (Å²) in [4.78, 5) is 22.8. The van der Waals surface area contributed by atoms with Crippen molar-refractivity contribution in [2.75, 3.05) is 51.2 Å². The molecule has 1 aliphatic rings. The summed E-state index contributed by atoms with van der Waals surface area (Å²) in [6.07, 6.45) is 2.85. The van der Waals surface area contributed by atoms with Crippen LogP contribution in [0.3, 0.4) is 0 Å². The average Bonchev–Trinajstić information content (AvgIpc) is 2.68. The van der Waals surface area contributed by atoms with Crippen molar-refractivity contribution in [3.63, 3.8) is 0 Å². The van der Waals surface area contributed by atoms with Gasteiger partial charge >= 0.3 is 5.97 Å². The van der Waals surface area contributed by atoms with Crippen molar-refractivity contribution in [3.05, 3.63) is 18.0 Å². The summed E-state index contributed by atoms with van der Waals surface area (Å²) in [5, 5.41) is 30.2. The Bertz CT molecular complexity index is 498. The summed E-state index contributed by atoms with van der Waals surface area (Å²) in [5.74, 6) is -0.690. The average molecular weight is 325 g/mol. The summed E-state index contributed by atoms with van der Waals surface area (Å²) in [6.45, 7) is 3.74. The van der Waals surface area contributed by atoms with Gasteiger partial charge in [0.05, 0.1) is 12.7 Å². The van der Waals surface area contributed by atoms with Crippen LogP contribution in [0.25, 0.3) is 0 Å². The quantitative estimate of drug-likeness (QED) is 0.471. The standard InChI is InChI=1S/C14H23N5O4/c20-4-3-18-1-2-19(10-12(21)9-18)8-11-5-15-14(16-6-11)17-7-13(22)23/h5-6,12,20-21H,1-4,7-10H2,(H,22,23)(H,15,16,17)/t12-/m0/s1. The third-order valence-electron chi connectivity index (χ3n) is 3.60. The molecule has 2 heterocycles. The Morgan fingerprint density at radius 3 is 2.57 bits per heavy atom. The van der Waals surface area contributed by atoms with Crippen LogP contribution in [-0.4, -0.2) is 93.0 Å². The number of hydrogen-bond donors (Lipinski definition) is 4. The van der Waals surface area contributed by atoms with E-state index in [1.165, 1.54) is 0 Å². The molecule has 0 amide bonds. The molecule has 2 rings (SSSR count). The van der Waals surface area contributed by atoms with Crippen molar-refractivity contribution in [1.29, 1.82) is 0 Å². The van der Waals surface area contributed by atoms with Gasteiger partial charge in [0.25, 0.3) is 0 Å². The summed E-state index contributed by atoms with van der Waals surface area (Å²) in [7, 11) is 0. The van der Waals surface area contributed by atoms with Crippen LogP contribution in [0, 0.1) is 0 Å². The molecule has 9 heteroatoms. The smallest absolute Gasteiger partial charge is 0.322 e. The number of aliphatic carboxylic acids is 1. The van der Waals surface area contributed by atoms with Gasteiger partial charge < -0.3 is 20.6 Å². The molecule has 1 saturated heterocycles. The molecule has 9 nitrogen and oxygen atoms in total. The molecule has 0 unspecified atom stereocenters. The lowest BCUT2D eigenvalue weighted by atomic mass is 10.2. The molecule has 0 radical (unpaired) electrons. The fourth-order valence-corrected chi connectivity index (χ4v) is 2.55. The first kappa shape index (κ1) is 17.5. The predicted octanol–water partition coefficient (Wildman–Crippen LogP) is -1.56. The molecule has 23 heavy (non-hydrogen) atoms. The Morgan fingerprint density at radius 1 is 1.26 bits per heavy atom. The van der Waals surface area contributed by atoms with E-state index in [4.69, 9.17) is 10.2 Å². The van der Waals surface area contributed by atoms with Gasteiger partial charge in [0, 0.05) is 57.2 Å². The Labute approximate surface area is 134 Å². The van der Waals surface area contributed by atoms with Crippen molar-refractivity contribution in [2.45, 2.75) is 12.6 Å². The lowest BCUT2D eigenvalue weighted by molar-refractivity contribution is -0.134. The third kappa shape index (κ3) is 6.06. The predicted molar refractivity (Wildman–Crippen MR) is 83.0 cm³/mol. The van der Waals surface area contributed by atoms with E-state index in [1.807, 2.05) is 4.90 Å². The number of carbonyl (C=O) groups is 1. The van der Waals surface area contributed by atoms with Gasteiger partial charge in [0.2, 0.25) is 5.95 Å². The van der Waals surface area contributed by atoms with Crippen LogP contribution in [0.15, 0.2) is 12.4 Å². The van der Waals surface area contributed by atoms with Crippen molar-refractivity contribution < 1.29 is 20.1 Å². The zero-order valence-corrected chi connectivity index (χ0v) is 12.9. The molecular formula is C14H23N5O4. The van der Waals surface area contributed by atoms with Gasteiger partial charge in [-0.25, -0.2) is 9.97 Å². The molecule has 4 N–H and O–H groups in total. The number of nitrogens with one attached hydrogen (secondary N) is 1. The van der Waals surface area contributed by atoms with Gasteiger partial charge in [0.1, 0.15) is 6.54 Å². The zero-order valence-electron chi connectivity index (χ0n) is 12.9. The molecule has 128 valence electrons. The second-order valence-corrected chi connectivity index (χ2v) is 5.58. The fraction of sp³-hybridized carbons (Fsp3) is 0.643. The van der Waals surface area contributed by atoms with Crippen molar-refractivity contribution in [2.24, 2.45) is 0 Å². The second kappa shape index (κ2) is 8.73. The summed E-state index contributed by atoms with van der Waals surface area (Å²) in [5.41, 5.74) is 0.897. The van der Waals surface area contributed by atoms with Crippen LogP contribution in [0.2, 0.25) is 0 Å². The first-order valence-electron chi connectivity index (χ1n) is 7.57. The molecule has 0 bridgehead atoms. The van der Waals surface area contributed by atoms with E-state index in [9.17, 15) is 9.90 Å². The Hall–Kier alpha value is -1.81. The van der Waals surface area contributed by atoms with E-state index < -0.39 is 12.1 Å². The second-order valence-electron chi connectivity index (χ2n) is 5.58. The Morgan fingerprint density at radius 2 is 1.91 bits per heavy atom. The number of carboxylic acids is 1. The molecule has 0 aromatic carbocycles. The van der Waals surface area contributed by atoms with E-state index in [2.05, 4.69) is 20.2 Å². The van der Waals surface area contributed by atoms with Crippen LogP contribution in [-0.2, 0) is 11.3 Å². The fourth-order valence-electron chi connectivity index (χ4n) is 2.55. The minimum atomic E-state index is -0.969. The van der Waals surface area contributed by atoms with Gasteiger partial charge in [-0.1, -0.05) is 0 Å². The summed E-state index contributed by atoms with van der Waals surface area (Å²) < 4.78 is 0. The monoisotopic (exact) mass is 325 g/mol. The molecule has 0 saturated carbocycles. The molecule has 1 aromatic heterocycles. The third-order valence-corrected chi connectivity index (χ3v) is 3.60. The van der Waals surface area contributed by atoms with Crippen LogP contribution in [0.4, 0.5) is 5.95 Å². The normalized spacial score (nSPS) is 20.2. The van der Waals surface area contributed by atoms with Crippen LogP contribution in [0.5, 0.6) is 0 Å². The molecule has 1 atom stereocenters. The minimum Gasteiger partial charge on any atom is -0.480 e. The van der Waals surface area contributed by atoms with E-state index in [-0.39, 0.29) is 19.1 Å². The largest absolute Gasteiger partial charge is 0.480 e. The minimum absolute atomic E-state index is 0.0887. The molecular weight excluding hydrogens is 302 g/mol. The Kier molecular flexibility index (Phi) is 6.66. The van der Waals surface area contributed by atoms with Gasteiger partial charge in [-0.3, -0.25) is 14.6 Å². The highest BCUT2D eigenvalue weighted by Crippen LogP contribution is 2.09. The number of rotatable bonds is 7. The molecule has 0 spiro atoms. The maximum Gasteiger partial charge on any atom is 0.322 e. The van der Waals surface area contributed by atoms with Gasteiger partial charge in [-0.2, -0.15) is 0 Å². The number of aliphatic hydroxyl groups excluding tert-OH is 2. The van der Waals surface area contributed by atoms with E-state index in [0.29, 0.717) is 26.2 Å². The molecule has 1 fully saturated rings. The van der Waals surface area contributed by atoms with Crippen molar-refractivity contribution in [3.8, 4) is 0 Å². The number of anilines is 1. The molecule has 1 aliphatic heterocycles. The van der Waals surface area contributed by atoms with E-state index >= 15 is 0 Å². The van der Waals surface area contributed by atoms with Crippen molar-refractivity contribution >= 4 is 11.9 Å². The highest BCUT2D eigenvalue weighted by atomic mass is 16.4. The highest BCUT2D eigenvalue weighted by Gasteiger charge is 2.21. The van der Waals surface area contributed by atoms with Gasteiger partial charge in [-0.05, 0) is 0 Å². The molecule has 0 aliphatic carbocycles. The zero-order chi connectivity index (χ0) is 16.7. The van der Waals surface area contributed by atoms with E-state index in [1.54, 1.807) is 12.4 Å². The number of aliphatic hydroxyl groups is 2. The van der Waals surface area contributed by atoms with Crippen LogP contribution < -0.4 is 5.32 Å². The van der Waals surface area contributed by atoms with E-state index in [0.717, 1.165) is 18.7 Å². The lowest BCUT2D eigenvalue weighted by Crippen LogP contribution is -2.34. The highest BCUT2D eigenvalue weighted by molar-refractivity contribution is 5.71. The van der Waals surface area contributed by atoms with Crippen LogP contribution in [0.1, 0.15) is 5.56 Å². The maximum absolute atomic E-state index is 10.5. The first-order chi connectivity index (χ1) is 11.1. The number of nitrogens with zero attached hydrogens (tertiary/aromatic N) is 4. The summed E-state index contributed by atoms with van der Waals surface area (Å²) in [6, 6.07) is 0. The van der Waals surface area contributed by atoms with Gasteiger partial charge in [-0.15, -0.1) is 0 Å². The number of hydrogen-bond acceptors (Lipinski definition) is 8. The number of aromatic nitrogens is 2. The topological polar surface area (TPSA) is 122 Å². The van der Waals surface area contributed by atoms with Gasteiger partial charge in [0.15, 0.2) is 0 Å². The lowest BCUT2D eigenvalue weighted by Gasteiger charge is -2.21. The first-order valence-corrected chi connectivity index (χ1v) is 7.57. The number of β-amino-alcohol motifs (C(OH)–C–C–N with tert-alkyl or cyclic N) is 2. The Balaban J connectivity index is 1.87.